The lowest BCUT2D eigenvalue weighted by atomic mass is 10.1. The molecule has 124 valence electrons. The third kappa shape index (κ3) is 12.3. The third-order valence-electron chi connectivity index (χ3n) is 2.92. The molecule has 0 aromatic heterocycles. The first-order valence-electron chi connectivity index (χ1n) is 7.84. The van der Waals surface area contributed by atoms with E-state index in [1.807, 2.05) is 0 Å². The zero-order valence-electron chi connectivity index (χ0n) is 14.1. The maximum Gasteiger partial charge on any atom is 0.223 e. The predicted molar refractivity (Wildman–Crippen MR) is 86.1 cm³/mol. The van der Waals surface area contributed by atoms with Crippen molar-refractivity contribution in [2.24, 2.45) is 5.92 Å². The SMILES string of the molecule is CC(C)NCCNC(=O)CC(C)C(=O)NCCNC(C)C. The maximum absolute atomic E-state index is 11.8. The first-order chi connectivity index (χ1) is 9.82. The molecule has 0 rings (SSSR count). The van der Waals surface area contributed by atoms with Crippen LogP contribution in [-0.4, -0.2) is 50.1 Å². The smallest absolute Gasteiger partial charge is 0.223 e. The molecule has 2 amide bonds. The molecule has 4 N–H and O–H groups in total. The Kier molecular flexibility index (Phi) is 10.9. The van der Waals surface area contributed by atoms with E-state index < -0.39 is 0 Å². The van der Waals surface area contributed by atoms with E-state index in [4.69, 9.17) is 0 Å². The highest BCUT2D eigenvalue weighted by Gasteiger charge is 2.16. The van der Waals surface area contributed by atoms with Gasteiger partial charge in [0.15, 0.2) is 0 Å². The molecule has 21 heavy (non-hydrogen) atoms. The molecule has 0 heterocycles. The Balaban J connectivity index is 3.72. The number of carbonyl (C=O) groups is 2. The van der Waals surface area contributed by atoms with Gasteiger partial charge in [-0.05, 0) is 0 Å². The second kappa shape index (κ2) is 11.5. The van der Waals surface area contributed by atoms with Crippen molar-refractivity contribution in [3.05, 3.63) is 0 Å². The summed E-state index contributed by atoms with van der Waals surface area (Å²) in [6, 6.07) is 0.815. The fourth-order valence-corrected chi connectivity index (χ4v) is 1.73. The van der Waals surface area contributed by atoms with E-state index in [-0.39, 0.29) is 24.2 Å². The van der Waals surface area contributed by atoms with Crippen molar-refractivity contribution in [3.63, 3.8) is 0 Å². The Bertz CT molecular complexity index is 306. The van der Waals surface area contributed by atoms with Crippen LogP contribution in [0.25, 0.3) is 0 Å². The minimum absolute atomic E-state index is 0.0731. The van der Waals surface area contributed by atoms with E-state index in [1.54, 1.807) is 6.92 Å². The number of nitrogens with one attached hydrogen (secondary N) is 4. The Morgan fingerprint density at radius 1 is 0.762 bits per heavy atom. The largest absolute Gasteiger partial charge is 0.355 e. The van der Waals surface area contributed by atoms with Gasteiger partial charge in [-0.1, -0.05) is 34.6 Å². The molecule has 0 saturated heterocycles. The monoisotopic (exact) mass is 300 g/mol. The van der Waals surface area contributed by atoms with Crippen LogP contribution in [0.2, 0.25) is 0 Å². The average molecular weight is 300 g/mol. The topological polar surface area (TPSA) is 82.3 Å². The number of carbonyl (C=O) groups excluding carboxylic acids is 2. The summed E-state index contributed by atoms with van der Waals surface area (Å²) in [4.78, 5) is 23.5. The number of rotatable bonds is 11. The zero-order chi connectivity index (χ0) is 16.3. The van der Waals surface area contributed by atoms with Gasteiger partial charge in [-0.3, -0.25) is 9.59 Å². The molecule has 0 aliphatic rings. The van der Waals surface area contributed by atoms with Crippen LogP contribution in [0, 0.1) is 5.92 Å². The summed E-state index contributed by atoms with van der Waals surface area (Å²) < 4.78 is 0. The molecule has 0 bridgehead atoms. The van der Waals surface area contributed by atoms with Crippen LogP contribution in [0.15, 0.2) is 0 Å². The summed E-state index contributed by atoms with van der Waals surface area (Å²) >= 11 is 0. The minimum atomic E-state index is -0.304. The van der Waals surface area contributed by atoms with Gasteiger partial charge in [0.25, 0.3) is 0 Å². The van der Waals surface area contributed by atoms with Crippen molar-refractivity contribution in [2.45, 2.75) is 53.1 Å². The Morgan fingerprint density at radius 2 is 1.24 bits per heavy atom. The minimum Gasteiger partial charge on any atom is -0.355 e. The highest BCUT2D eigenvalue weighted by atomic mass is 16.2. The van der Waals surface area contributed by atoms with Crippen molar-refractivity contribution in [1.29, 1.82) is 0 Å². The van der Waals surface area contributed by atoms with Gasteiger partial charge in [0.05, 0.1) is 0 Å². The first-order valence-corrected chi connectivity index (χ1v) is 7.84. The highest BCUT2D eigenvalue weighted by molar-refractivity contribution is 5.85. The van der Waals surface area contributed by atoms with Crippen LogP contribution in [0.5, 0.6) is 0 Å². The average Bonchev–Trinajstić information content (AvgIpc) is 2.39. The van der Waals surface area contributed by atoms with Gasteiger partial charge >= 0.3 is 0 Å². The lowest BCUT2D eigenvalue weighted by molar-refractivity contribution is -0.129. The summed E-state index contributed by atoms with van der Waals surface area (Å²) in [7, 11) is 0. The second-order valence-corrected chi connectivity index (χ2v) is 5.96. The second-order valence-electron chi connectivity index (χ2n) is 5.96. The van der Waals surface area contributed by atoms with Crippen molar-refractivity contribution in [3.8, 4) is 0 Å². The summed E-state index contributed by atoms with van der Waals surface area (Å²) in [5, 5.41) is 12.1. The Morgan fingerprint density at radius 3 is 1.71 bits per heavy atom. The molecule has 0 aliphatic carbocycles. The molecule has 0 radical (unpaired) electrons. The number of hydrogen-bond acceptors (Lipinski definition) is 4. The molecule has 6 heteroatoms. The quantitative estimate of drug-likeness (QED) is 0.412. The summed E-state index contributed by atoms with van der Waals surface area (Å²) in [5.41, 5.74) is 0. The van der Waals surface area contributed by atoms with E-state index in [0.29, 0.717) is 25.2 Å². The molecular weight excluding hydrogens is 268 g/mol. The van der Waals surface area contributed by atoms with Gasteiger partial charge in [0.2, 0.25) is 11.8 Å². The zero-order valence-corrected chi connectivity index (χ0v) is 14.1. The Labute approximate surface area is 128 Å². The fourth-order valence-electron chi connectivity index (χ4n) is 1.73. The molecular formula is C15H32N4O2. The molecule has 1 unspecified atom stereocenters. The summed E-state index contributed by atoms with van der Waals surface area (Å²) in [5.74, 6) is -0.457. The van der Waals surface area contributed by atoms with Crippen molar-refractivity contribution >= 4 is 11.8 Å². The van der Waals surface area contributed by atoms with Gasteiger partial charge in [-0.2, -0.15) is 0 Å². The molecule has 0 fully saturated rings. The number of amides is 2. The lowest BCUT2D eigenvalue weighted by Gasteiger charge is -2.14. The van der Waals surface area contributed by atoms with E-state index >= 15 is 0 Å². The van der Waals surface area contributed by atoms with Crippen LogP contribution >= 0.6 is 0 Å². The summed E-state index contributed by atoms with van der Waals surface area (Å²) in [6.07, 6.45) is 0.227. The van der Waals surface area contributed by atoms with Crippen LogP contribution in [0.3, 0.4) is 0 Å². The van der Waals surface area contributed by atoms with Gasteiger partial charge in [-0.25, -0.2) is 0 Å². The van der Waals surface area contributed by atoms with Gasteiger partial charge in [-0.15, -0.1) is 0 Å². The fraction of sp³-hybridized carbons (Fsp3) is 0.867. The van der Waals surface area contributed by atoms with Crippen LogP contribution in [0.1, 0.15) is 41.0 Å². The predicted octanol–water partition coefficient (Wildman–Crippen LogP) is 0.241. The van der Waals surface area contributed by atoms with Gasteiger partial charge in [0, 0.05) is 50.6 Å². The third-order valence-corrected chi connectivity index (χ3v) is 2.92. The van der Waals surface area contributed by atoms with E-state index in [9.17, 15) is 9.59 Å². The standard InChI is InChI=1S/C15H32N4O2/c1-11(2)16-6-8-18-14(20)10-13(5)15(21)19-9-7-17-12(3)4/h11-13,16-17H,6-10H2,1-5H3,(H,18,20)(H,19,21). The number of hydrogen-bond donors (Lipinski definition) is 4. The van der Waals surface area contributed by atoms with Crippen LogP contribution in [0.4, 0.5) is 0 Å². The molecule has 0 saturated carbocycles. The van der Waals surface area contributed by atoms with Crippen molar-refractivity contribution in [2.75, 3.05) is 26.2 Å². The van der Waals surface area contributed by atoms with Gasteiger partial charge in [0.1, 0.15) is 0 Å². The molecule has 0 spiro atoms. The van der Waals surface area contributed by atoms with Crippen molar-refractivity contribution < 1.29 is 9.59 Å². The van der Waals surface area contributed by atoms with Crippen LogP contribution < -0.4 is 21.3 Å². The Hall–Kier alpha value is -1.14. The molecule has 6 nitrogen and oxygen atoms in total. The molecule has 0 aromatic carbocycles. The molecule has 0 aromatic rings. The maximum atomic E-state index is 11.8. The van der Waals surface area contributed by atoms with E-state index in [2.05, 4.69) is 49.0 Å². The normalized spacial score (nSPS) is 12.5. The lowest BCUT2D eigenvalue weighted by Crippen LogP contribution is -2.39. The van der Waals surface area contributed by atoms with E-state index in [1.165, 1.54) is 0 Å². The molecule has 1 atom stereocenters. The van der Waals surface area contributed by atoms with Gasteiger partial charge < -0.3 is 21.3 Å². The van der Waals surface area contributed by atoms with E-state index in [0.717, 1.165) is 13.1 Å². The van der Waals surface area contributed by atoms with Crippen molar-refractivity contribution in [1.82, 2.24) is 21.3 Å². The van der Waals surface area contributed by atoms with Crippen LogP contribution in [-0.2, 0) is 9.59 Å². The molecule has 0 aliphatic heterocycles. The first kappa shape index (κ1) is 19.9. The summed E-state index contributed by atoms with van der Waals surface area (Å²) in [6.45, 7) is 12.7. The highest BCUT2D eigenvalue weighted by Crippen LogP contribution is 2.01.